The molecule has 0 saturated heterocycles. The van der Waals surface area contributed by atoms with Crippen molar-refractivity contribution in [3.05, 3.63) is 48.6 Å². The van der Waals surface area contributed by atoms with E-state index in [0.29, 0.717) is 13.0 Å². The van der Waals surface area contributed by atoms with Crippen LogP contribution in [0.15, 0.2) is 48.6 Å². The second-order valence-electron chi connectivity index (χ2n) is 18.7. The van der Waals surface area contributed by atoms with Crippen LogP contribution in [0.2, 0.25) is 0 Å². The Balaban J connectivity index is 2.34. The maximum Gasteiger partial charge on any atom is 0.472 e. The number of ether oxygens (including phenoxy) is 2. The van der Waals surface area contributed by atoms with Gasteiger partial charge in [0.25, 0.3) is 0 Å². The van der Waals surface area contributed by atoms with Gasteiger partial charge < -0.3 is 39.9 Å². The number of phosphoric acid groups is 1. The predicted molar refractivity (Wildman–Crippen MR) is 272 cm³/mol. The largest absolute Gasteiger partial charge is 0.472 e. The molecule has 0 heterocycles. The van der Waals surface area contributed by atoms with E-state index in [1.807, 2.05) is 0 Å². The van der Waals surface area contributed by atoms with E-state index in [2.05, 4.69) is 62.5 Å². The zero-order valence-electron chi connectivity index (χ0n) is 42.2. The summed E-state index contributed by atoms with van der Waals surface area (Å²) in [4.78, 5) is 23.3. The Morgan fingerprint density at radius 3 is 1.28 bits per heavy atom. The molecule has 0 radical (unpaired) electrons. The summed E-state index contributed by atoms with van der Waals surface area (Å²) in [5, 5.41) is 50.3. The molecule has 67 heavy (non-hydrogen) atoms. The van der Waals surface area contributed by atoms with Gasteiger partial charge in [-0.2, -0.15) is 0 Å². The molecule has 0 aromatic rings. The SMILES string of the molecule is CCCCCCC/C=C\C/C=C\C/C=C\CCCCCCCCCOCC(COP(=O)(O)OC1C(O)C(O)C(O)C(O)C1O)OC(=O)CCCCCCCCC/C=C\CCCCCCCCC. The summed E-state index contributed by atoms with van der Waals surface area (Å²) < 4.78 is 34.3. The topological polar surface area (TPSA) is 192 Å². The first-order valence-corrected chi connectivity index (χ1v) is 28.5. The normalized spacial score (nSPS) is 21.6. The van der Waals surface area contributed by atoms with Gasteiger partial charge in [0.15, 0.2) is 0 Å². The highest BCUT2D eigenvalue weighted by molar-refractivity contribution is 7.47. The standard InChI is InChI=1S/C54H99O12P/c1-3-5-7-9-11-13-15-17-19-21-23-24-25-26-28-30-32-34-36-38-40-42-44-63-45-47(46-64-67(61,62)66-54-52(59)50(57)49(56)51(58)53(54)60)65-48(55)43-41-39-37-35-33-31-29-27-22-20-18-16-14-12-10-8-6-4-2/h15,17,20-23,25-26,47,49-54,56-60H,3-14,16,18-19,24,27-46H2,1-2H3,(H,61,62)/b17-15-,22-20-,23-21-,26-25-. The molecule has 0 bridgehead atoms. The molecular formula is C54H99O12P. The molecule has 6 atom stereocenters. The third kappa shape index (κ3) is 36.0. The molecule has 13 heteroatoms. The number of hydrogen-bond donors (Lipinski definition) is 6. The Morgan fingerprint density at radius 1 is 0.478 bits per heavy atom. The molecule has 6 N–H and O–H groups in total. The van der Waals surface area contributed by atoms with Gasteiger partial charge in [0.2, 0.25) is 0 Å². The Bertz CT molecular complexity index is 1290. The number of esters is 1. The number of unbranched alkanes of at least 4 members (excludes halogenated alkanes) is 26. The molecule has 6 unspecified atom stereocenters. The van der Waals surface area contributed by atoms with E-state index in [0.717, 1.165) is 77.0 Å². The van der Waals surface area contributed by atoms with Crippen molar-refractivity contribution in [3.63, 3.8) is 0 Å². The zero-order chi connectivity index (χ0) is 49.1. The fraction of sp³-hybridized carbons (Fsp3) is 0.833. The highest BCUT2D eigenvalue weighted by Gasteiger charge is 2.51. The molecule has 0 aromatic carbocycles. The maximum atomic E-state index is 12.9. The lowest BCUT2D eigenvalue weighted by Gasteiger charge is -2.41. The summed E-state index contributed by atoms with van der Waals surface area (Å²) in [7, 11) is -5.03. The quantitative estimate of drug-likeness (QED) is 0.0147. The van der Waals surface area contributed by atoms with Crippen molar-refractivity contribution in [1.29, 1.82) is 0 Å². The maximum absolute atomic E-state index is 12.9. The second kappa shape index (κ2) is 44.3. The fourth-order valence-electron chi connectivity index (χ4n) is 8.12. The molecule has 1 fully saturated rings. The van der Waals surface area contributed by atoms with Crippen molar-refractivity contribution in [3.8, 4) is 0 Å². The van der Waals surface area contributed by atoms with Gasteiger partial charge in [-0.05, 0) is 77.0 Å². The van der Waals surface area contributed by atoms with Crippen LogP contribution in [-0.2, 0) is 27.9 Å². The average molecular weight is 971 g/mol. The molecule has 0 aliphatic heterocycles. The van der Waals surface area contributed by atoms with E-state index in [4.69, 9.17) is 18.5 Å². The molecule has 1 aliphatic rings. The van der Waals surface area contributed by atoms with Gasteiger partial charge >= 0.3 is 13.8 Å². The molecule has 0 amide bonds. The summed E-state index contributed by atoms with van der Waals surface area (Å²) in [6.07, 6.45) is 43.1. The summed E-state index contributed by atoms with van der Waals surface area (Å²) in [6.45, 7) is 4.24. The molecule has 12 nitrogen and oxygen atoms in total. The smallest absolute Gasteiger partial charge is 0.457 e. The van der Waals surface area contributed by atoms with Crippen molar-refractivity contribution < 1.29 is 58.3 Å². The van der Waals surface area contributed by atoms with E-state index in [9.17, 15) is 39.8 Å². The van der Waals surface area contributed by atoms with Crippen LogP contribution in [0.1, 0.15) is 226 Å². The van der Waals surface area contributed by atoms with Gasteiger partial charge in [-0.1, -0.05) is 191 Å². The average Bonchev–Trinajstić information content (AvgIpc) is 3.31. The first-order valence-electron chi connectivity index (χ1n) is 27.0. The Morgan fingerprint density at radius 2 is 0.836 bits per heavy atom. The third-order valence-electron chi connectivity index (χ3n) is 12.4. The second-order valence-corrected chi connectivity index (χ2v) is 20.1. The minimum absolute atomic E-state index is 0.0854. The van der Waals surface area contributed by atoms with E-state index >= 15 is 0 Å². The zero-order valence-corrected chi connectivity index (χ0v) is 43.1. The highest BCUT2D eigenvalue weighted by Crippen LogP contribution is 2.47. The molecule has 1 rings (SSSR count). The summed E-state index contributed by atoms with van der Waals surface area (Å²) >= 11 is 0. The van der Waals surface area contributed by atoms with Crippen LogP contribution in [0.25, 0.3) is 0 Å². The van der Waals surface area contributed by atoms with Crippen LogP contribution in [0.3, 0.4) is 0 Å². The van der Waals surface area contributed by atoms with Gasteiger partial charge in [-0.25, -0.2) is 4.57 Å². The third-order valence-corrected chi connectivity index (χ3v) is 13.4. The van der Waals surface area contributed by atoms with Gasteiger partial charge in [-0.15, -0.1) is 0 Å². The number of carbonyl (C=O) groups is 1. The van der Waals surface area contributed by atoms with Gasteiger partial charge in [0.1, 0.15) is 42.7 Å². The summed E-state index contributed by atoms with van der Waals surface area (Å²) in [6, 6.07) is 0. The van der Waals surface area contributed by atoms with Crippen LogP contribution < -0.4 is 0 Å². The Kier molecular flexibility index (Phi) is 41.8. The molecule has 0 aromatic heterocycles. The van der Waals surface area contributed by atoms with E-state index < -0.39 is 63.1 Å². The number of phosphoric ester groups is 1. The van der Waals surface area contributed by atoms with Crippen molar-refractivity contribution in [2.75, 3.05) is 19.8 Å². The van der Waals surface area contributed by atoms with Gasteiger partial charge in [0.05, 0.1) is 13.2 Å². The van der Waals surface area contributed by atoms with Crippen LogP contribution in [-0.4, -0.2) is 98.9 Å². The van der Waals surface area contributed by atoms with Crippen LogP contribution in [0.5, 0.6) is 0 Å². The molecular weight excluding hydrogens is 872 g/mol. The summed E-state index contributed by atoms with van der Waals surface area (Å²) in [5.74, 6) is -0.484. The highest BCUT2D eigenvalue weighted by atomic mass is 31.2. The van der Waals surface area contributed by atoms with Crippen molar-refractivity contribution in [2.45, 2.75) is 268 Å². The van der Waals surface area contributed by atoms with E-state index in [1.54, 1.807) is 0 Å². The predicted octanol–water partition coefficient (Wildman–Crippen LogP) is 12.4. The lowest BCUT2D eigenvalue weighted by Crippen LogP contribution is -2.64. The van der Waals surface area contributed by atoms with E-state index in [-0.39, 0.29) is 13.0 Å². The number of carbonyl (C=O) groups excluding carboxylic acids is 1. The lowest BCUT2D eigenvalue weighted by atomic mass is 9.85. The van der Waals surface area contributed by atoms with Crippen LogP contribution in [0.4, 0.5) is 0 Å². The first-order chi connectivity index (χ1) is 32.5. The minimum atomic E-state index is -5.03. The minimum Gasteiger partial charge on any atom is -0.457 e. The molecule has 1 aliphatic carbocycles. The summed E-state index contributed by atoms with van der Waals surface area (Å²) in [5.41, 5.74) is 0. The number of aliphatic hydroxyl groups is 5. The van der Waals surface area contributed by atoms with Gasteiger partial charge in [-0.3, -0.25) is 13.8 Å². The first kappa shape index (κ1) is 63.3. The Labute approximate surface area is 407 Å². The number of rotatable bonds is 46. The van der Waals surface area contributed by atoms with Gasteiger partial charge in [0, 0.05) is 13.0 Å². The van der Waals surface area contributed by atoms with Crippen LogP contribution >= 0.6 is 7.82 Å². The Hall–Kier alpha value is -1.70. The molecule has 1 saturated carbocycles. The van der Waals surface area contributed by atoms with E-state index in [1.165, 1.54) is 122 Å². The van der Waals surface area contributed by atoms with Crippen molar-refractivity contribution in [2.24, 2.45) is 0 Å². The van der Waals surface area contributed by atoms with Crippen molar-refractivity contribution in [1.82, 2.24) is 0 Å². The molecule has 392 valence electrons. The number of allylic oxidation sites excluding steroid dienone is 8. The van der Waals surface area contributed by atoms with Crippen LogP contribution in [0, 0.1) is 0 Å². The monoisotopic (exact) mass is 971 g/mol. The molecule has 0 spiro atoms. The number of aliphatic hydroxyl groups excluding tert-OH is 5. The fourth-order valence-corrected chi connectivity index (χ4v) is 9.10. The van der Waals surface area contributed by atoms with Crippen molar-refractivity contribution >= 4 is 13.8 Å². The number of hydrogen-bond acceptors (Lipinski definition) is 11. The lowest BCUT2D eigenvalue weighted by molar-refractivity contribution is -0.220.